The van der Waals surface area contributed by atoms with Gasteiger partial charge < -0.3 is 21.3 Å². The monoisotopic (exact) mass is 954 g/mol. The number of alkyl halides is 2. The van der Waals surface area contributed by atoms with Gasteiger partial charge in [-0.2, -0.15) is 20.5 Å². The summed E-state index contributed by atoms with van der Waals surface area (Å²) in [6.45, 7) is 2.25. The van der Waals surface area contributed by atoms with E-state index in [9.17, 15) is 28.8 Å². The molecule has 0 saturated carbocycles. The smallest absolute Gasteiger partial charge is 0.258 e. The third kappa shape index (κ3) is 12.7. The van der Waals surface area contributed by atoms with Crippen LogP contribution >= 0.6 is 69.6 Å². The number of azo groups is 2. The Kier molecular flexibility index (Phi) is 16.7. The first-order valence-electron chi connectivity index (χ1n) is 18.0. The van der Waals surface area contributed by atoms with Crippen molar-refractivity contribution < 1.29 is 28.8 Å². The largest absolute Gasteiger partial charge is 0.324 e. The number of ketones is 2. The quantitative estimate of drug-likeness (QED) is 0.0431. The van der Waals surface area contributed by atoms with Crippen LogP contribution in [-0.2, 0) is 30.9 Å². The van der Waals surface area contributed by atoms with Crippen LogP contribution in [-0.4, -0.2) is 47.3 Å². The molecule has 0 spiro atoms. The molecule has 5 rings (SSSR count). The topological polar surface area (TPSA) is 200 Å². The number of benzene rings is 5. The average Bonchev–Trinajstić information content (AvgIpc) is 3.23. The number of hydrogen-bond acceptors (Lipinski definition) is 10. The van der Waals surface area contributed by atoms with Gasteiger partial charge in [0.2, 0.25) is 12.1 Å². The number of anilines is 4. The standard InChI is InChI=1S/C42H32Cl6N8O6/c1-21(57)36(55-53-27-9-11-32(45)30(15-27)39(59)49-25-7-3-5-23(13-25)19-43)41(61)51-29-17-34(47)38(35(48)18-29)52-42(62)37(22(2)58)56-54-28-10-12-33(46)31(16-28)40(60)50-26-8-4-6-24(14-26)20-44/h3-18,36-37H,19-20H2,1-2H3,(H,49,59)(H,50,60)(H,51,61)(H,52,62). The van der Waals surface area contributed by atoms with Gasteiger partial charge >= 0.3 is 0 Å². The zero-order valence-corrected chi connectivity index (χ0v) is 36.8. The first kappa shape index (κ1) is 47.3. The minimum absolute atomic E-state index is 0.0188. The lowest BCUT2D eigenvalue weighted by atomic mass is 10.1. The summed E-state index contributed by atoms with van der Waals surface area (Å²) in [5.41, 5.74) is 2.78. The second-order valence-corrected chi connectivity index (χ2v) is 15.3. The fourth-order valence-corrected chi connectivity index (χ4v) is 6.73. The molecule has 0 radical (unpaired) electrons. The van der Waals surface area contributed by atoms with E-state index in [1.54, 1.807) is 48.5 Å². The van der Waals surface area contributed by atoms with Crippen molar-refractivity contribution in [3.05, 3.63) is 139 Å². The van der Waals surface area contributed by atoms with Crippen LogP contribution in [0, 0.1) is 0 Å². The highest BCUT2D eigenvalue weighted by Crippen LogP contribution is 2.35. The van der Waals surface area contributed by atoms with Gasteiger partial charge in [0.05, 0.1) is 48.3 Å². The van der Waals surface area contributed by atoms with Gasteiger partial charge in [0.25, 0.3) is 23.6 Å². The first-order valence-corrected chi connectivity index (χ1v) is 20.6. The van der Waals surface area contributed by atoms with E-state index < -0.39 is 47.3 Å². The maximum atomic E-state index is 13.3. The number of halogens is 6. The predicted molar refractivity (Wildman–Crippen MR) is 242 cm³/mol. The number of hydrogen-bond donors (Lipinski definition) is 4. The maximum Gasteiger partial charge on any atom is 0.258 e. The summed E-state index contributed by atoms with van der Waals surface area (Å²) < 4.78 is 0. The van der Waals surface area contributed by atoms with Crippen molar-refractivity contribution in [2.45, 2.75) is 37.7 Å². The van der Waals surface area contributed by atoms with Gasteiger partial charge in [0, 0.05) is 28.8 Å². The minimum Gasteiger partial charge on any atom is -0.324 e. The molecule has 5 aromatic rings. The maximum absolute atomic E-state index is 13.3. The summed E-state index contributed by atoms with van der Waals surface area (Å²) >= 11 is 37.3. The minimum atomic E-state index is -1.67. The van der Waals surface area contributed by atoms with E-state index in [2.05, 4.69) is 41.7 Å². The number of nitrogens with zero attached hydrogens (tertiary/aromatic N) is 4. The van der Waals surface area contributed by atoms with E-state index in [0.29, 0.717) is 11.4 Å². The van der Waals surface area contributed by atoms with Gasteiger partial charge in [-0.15, -0.1) is 23.2 Å². The van der Waals surface area contributed by atoms with Crippen molar-refractivity contribution in [3.63, 3.8) is 0 Å². The molecular formula is C42H32Cl6N8O6. The van der Waals surface area contributed by atoms with Crippen LogP contribution in [0.2, 0.25) is 20.1 Å². The summed E-state index contributed by atoms with van der Waals surface area (Å²) in [4.78, 5) is 77.7. The molecule has 0 fully saturated rings. The molecule has 62 heavy (non-hydrogen) atoms. The van der Waals surface area contributed by atoms with Crippen LogP contribution in [0.25, 0.3) is 0 Å². The number of nitrogens with one attached hydrogen (secondary N) is 4. The van der Waals surface area contributed by atoms with Crippen molar-refractivity contribution in [3.8, 4) is 0 Å². The summed E-state index contributed by atoms with van der Waals surface area (Å²) in [5, 5.41) is 26.1. The molecule has 5 aromatic carbocycles. The molecule has 4 amide bonds. The normalized spacial score (nSPS) is 12.1. The van der Waals surface area contributed by atoms with Gasteiger partial charge in [-0.1, -0.05) is 70.7 Å². The molecule has 4 N–H and O–H groups in total. The number of rotatable bonds is 16. The summed E-state index contributed by atoms with van der Waals surface area (Å²) in [7, 11) is 0. The Bertz CT molecular complexity index is 2620. The molecule has 0 aliphatic carbocycles. The molecule has 0 heterocycles. The first-order chi connectivity index (χ1) is 29.6. The van der Waals surface area contributed by atoms with Crippen LogP contribution in [0.4, 0.5) is 34.1 Å². The molecule has 0 saturated heterocycles. The Labute approximate surface area is 384 Å². The molecule has 0 aliphatic rings. The molecule has 14 nitrogen and oxygen atoms in total. The molecule has 0 aromatic heterocycles. The SMILES string of the molecule is CC(=O)C(N=Nc1ccc(Cl)c(C(=O)Nc2cccc(CCl)c2)c1)C(=O)Nc1cc(Cl)c(NC(=O)C(N=Nc2ccc(Cl)c(C(=O)Nc3cccc(CCl)c3)c2)C(C)=O)c(Cl)c1. The second kappa shape index (κ2) is 21.9. The predicted octanol–water partition coefficient (Wildman–Crippen LogP) is 11.6. The highest BCUT2D eigenvalue weighted by Gasteiger charge is 2.27. The number of carbonyl (C=O) groups is 6. The highest BCUT2D eigenvalue weighted by atomic mass is 35.5. The third-order valence-corrected chi connectivity index (χ3v) is 10.3. The zero-order chi connectivity index (χ0) is 45.1. The lowest BCUT2D eigenvalue weighted by Gasteiger charge is -2.15. The Morgan fingerprint density at radius 3 is 1.32 bits per heavy atom. The second-order valence-electron chi connectivity index (χ2n) is 13.2. The van der Waals surface area contributed by atoms with Crippen LogP contribution < -0.4 is 21.3 Å². The Balaban J connectivity index is 1.25. The van der Waals surface area contributed by atoms with Crippen LogP contribution in [0.1, 0.15) is 45.7 Å². The molecule has 2 atom stereocenters. The zero-order valence-electron chi connectivity index (χ0n) is 32.3. The van der Waals surface area contributed by atoms with E-state index in [1.165, 1.54) is 48.5 Å². The van der Waals surface area contributed by atoms with Crippen LogP contribution in [0.3, 0.4) is 0 Å². The molecule has 0 aliphatic heterocycles. The lowest BCUT2D eigenvalue weighted by molar-refractivity contribution is -0.127. The molecule has 20 heteroatoms. The van der Waals surface area contributed by atoms with Crippen molar-refractivity contribution in [2.24, 2.45) is 20.5 Å². The van der Waals surface area contributed by atoms with E-state index in [4.69, 9.17) is 69.6 Å². The Morgan fingerprint density at radius 2 is 0.919 bits per heavy atom. The van der Waals surface area contributed by atoms with Crippen molar-refractivity contribution in [2.75, 3.05) is 21.3 Å². The van der Waals surface area contributed by atoms with Gasteiger partial charge in [0.15, 0.2) is 11.6 Å². The molecule has 2 unspecified atom stereocenters. The van der Waals surface area contributed by atoms with E-state index in [-0.39, 0.29) is 65.7 Å². The van der Waals surface area contributed by atoms with Crippen molar-refractivity contribution >= 4 is 139 Å². The molecule has 0 bridgehead atoms. The number of carbonyl (C=O) groups excluding carboxylic acids is 6. The van der Waals surface area contributed by atoms with Crippen LogP contribution in [0.15, 0.2) is 118 Å². The van der Waals surface area contributed by atoms with E-state index in [0.717, 1.165) is 25.0 Å². The van der Waals surface area contributed by atoms with Gasteiger partial charge in [-0.05, 0) is 97.8 Å². The molecule has 318 valence electrons. The fraction of sp³-hybridized carbons (Fsp3) is 0.143. The van der Waals surface area contributed by atoms with Crippen molar-refractivity contribution in [1.82, 2.24) is 0 Å². The lowest BCUT2D eigenvalue weighted by Crippen LogP contribution is -2.32. The van der Waals surface area contributed by atoms with Crippen molar-refractivity contribution in [1.29, 1.82) is 0 Å². The van der Waals surface area contributed by atoms with E-state index >= 15 is 0 Å². The van der Waals surface area contributed by atoms with E-state index in [1.807, 2.05) is 0 Å². The van der Waals surface area contributed by atoms with Gasteiger partial charge in [-0.3, -0.25) is 28.8 Å². The number of amides is 4. The Hall–Kier alpha value is -5.74. The van der Waals surface area contributed by atoms with Gasteiger partial charge in [-0.25, -0.2) is 0 Å². The third-order valence-electron chi connectivity index (χ3n) is 8.47. The fourth-order valence-electron chi connectivity index (χ4n) is 5.41. The van der Waals surface area contributed by atoms with Crippen LogP contribution in [0.5, 0.6) is 0 Å². The summed E-state index contributed by atoms with van der Waals surface area (Å²) in [5.74, 6) is -3.82. The van der Waals surface area contributed by atoms with Gasteiger partial charge in [0.1, 0.15) is 0 Å². The summed E-state index contributed by atoms with van der Waals surface area (Å²) in [6.07, 6.45) is 0. The highest BCUT2D eigenvalue weighted by molar-refractivity contribution is 6.40. The number of Topliss-reactive ketones (excluding diaryl/α,β-unsaturated/α-hetero) is 2. The average molecular weight is 957 g/mol. The summed E-state index contributed by atoms with van der Waals surface area (Å²) in [6, 6.07) is 21.4. The molecular weight excluding hydrogens is 925 g/mol. The Morgan fingerprint density at radius 1 is 0.500 bits per heavy atom.